The summed E-state index contributed by atoms with van der Waals surface area (Å²) in [6.45, 7) is 5.89. The van der Waals surface area contributed by atoms with Crippen LogP contribution < -0.4 is 22.1 Å². The van der Waals surface area contributed by atoms with Crippen LogP contribution in [0.25, 0.3) is 0 Å². The third-order valence-electron chi connectivity index (χ3n) is 3.70. The molecule has 23 heavy (non-hydrogen) atoms. The molecular formula is C16H32N4O3. The van der Waals surface area contributed by atoms with Gasteiger partial charge in [-0.15, -0.1) is 0 Å². The lowest BCUT2D eigenvalue weighted by atomic mass is 9.97. The first-order valence-electron chi connectivity index (χ1n) is 8.38. The zero-order valence-electron chi connectivity index (χ0n) is 14.6. The Balaban J connectivity index is 4.38. The standard InChI is InChI=1S/C16H32N4O3/c1-4-5-6-12(7-8-17)16(23)19-10-14(21)20-13(9-18)15(22)11(2)3/h11-13H,4-10,17-18H2,1-3H3,(H,19,23)(H,20,21). The van der Waals surface area contributed by atoms with Crippen LogP contribution in [0.1, 0.15) is 46.5 Å². The second-order valence-electron chi connectivity index (χ2n) is 6.05. The molecular weight excluding hydrogens is 296 g/mol. The lowest BCUT2D eigenvalue weighted by Gasteiger charge is -2.19. The fraction of sp³-hybridized carbons (Fsp3) is 0.812. The number of unbranched alkanes of at least 4 members (excludes halogenated alkanes) is 1. The Morgan fingerprint density at radius 3 is 2.22 bits per heavy atom. The van der Waals surface area contributed by atoms with Gasteiger partial charge >= 0.3 is 0 Å². The minimum atomic E-state index is -0.709. The Morgan fingerprint density at radius 2 is 1.74 bits per heavy atom. The van der Waals surface area contributed by atoms with Crippen LogP contribution >= 0.6 is 0 Å². The van der Waals surface area contributed by atoms with Crippen LogP contribution in [-0.4, -0.2) is 43.3 Å². The summed E-state index contributed by atoms with van der Waals surface area (Å²) in [5.41, 5.74) is 11.1. The molecule has 6 N–H and O–H groups in total. The van der Waals surface area contributed by atoms with Gasteiger partial charge in [-0.25, -0.2) is 0 Å². The van der Waals surface area contributed by atoms with Gasteiger partial charge in [0, 0.05) is 18.4 Å². The average Bonchev–Trinajstić information content (AvgIpc) is 2.53. The number of Topliss-reactive ketones (excluding diaryl/α,β-unsaturated/α-hetero) is 1. The molecule has 0 saturated heterocycles. The maximum Gasteiger partial charge on any atom is 0.240 e. The minimum Gasteiger partial charge on any atom is -0.347 e. The Labute approximate surface area is 138 Å². The Morgan fingerprint density at radius 1 is 1.09 bits per heavy atom. The first kappa shape index (κ1) is 21.5. The number of rotatable bonds is 12. The monoisotopic (exact) mass is 328 g/mol. The molecule has 0 bridgehead atoms. The van der Waals surface area contributed by atoms with Gasteiger partial charge < -0.3 is 22.1 Å². The van der Waals surface area contributed by atoms with Crippen molar-refractivity contribution in [3.05, 3.63) is 0 Å². The number of nitrogens with two attached hydrogens (primary N) is 2. The second kappa shape index (κ2) is 12.0. The maximum absolute atomic E-state index is 12.1. The first-order chi connectivity index (χ1) is 10.9. The Bertz CT molecular complexity index is 386. The fourth-order valence-electron chi connectivity index (χ4n) is 2.26. The molecule has 0 rings (SSSR count). The summed E-state index contributed by atoms with van der Waals surface area (Å²) in [6.07, 6.45) is 3.32. The molecule has 0 radical (unpaired) electrons. The number of hydrogen-bond donors (Lipinski definition) is 4. The van der Waals surface area contributed by atoms with Crippen molar-refractivity contribution in [2.45, 2.75) is 52.5 Å². The molecule has 0 fully saturated rings. The van der Waals surface area contributed by atoms with Crippen LogP contribution in [0, 0.1) is 11.8 Å². The summed E-state index contributed by atoms with van der Waals surface area (Å²) in [5, 5.41) is 5.18. The molecule has 7 heteroatoms. The summed E-state index contributed by atoms with van der Waals surface area (Å²) in [4.78, 5) is 35.8. The van der Waals surface area contributed by atoms with Gasteiger partial charge in [-0.2, -0.15) is 0 Å². The van der Waals surface area contributed by atoms with E-state index in [0.717, 1.165) is 19.3 Å². The van der Waals surface area contributed by atoms with E-state index in [2.05, 4.69) is 17.6 Å². The predicted molar refractivity (Wildman–Crippen MR) is 90.5 cm³/mol. The quantitative estimate of drug-likeness (QED) is 0.399. The minimum absolute atomic E-state index is 0.0446. The van der Waals surface area contributed by atoms with Gasteiger partial charge in [0.05, 0.1) is 12.6 Å². The number of ketones is 1. The van der Waals surface area contributed by atoms with Crippen molar-refractivity contribution >= 4 is 17.6 Å². The molecule has 0 saturated carbocycles. The van der Waals surface area contributed by atoms with Crippen molar-refractivity contribution in [3.63, 3.8) is 0 Å². The summed E-state index contributed by atoms with van der Waals surface area (Å²) in [6, 6.07) is -0.709. The van der Waals surface area contributed by atoms with Gasteiger partial charge in [-0.1, -0.05) is 33.6 Å². The first-order valence-corrected chi connectivity index (χ1v) is 8.38. The highest BCUT2D eigenvalue weighted by Gasteiger charge is 2.22. The number of hydrogen-bond acceptors (Lipinski definition) is 5. The van der Waals surface area contributed by atoms with E-state index in [1.165, 1.54) is 0 Å². The van der Waals surface area contributed by atoms with Gasteiger partial charge in [0.1, 0.15) is 0 Å². The highest BCUT2D eigenvalue weighted by atomic mass is 16.2. The number of carbonyl (C=O) groups is 3. The van der Waals surface area contributed by atoms with E-state index in [1.54, 1.807) is 13.8 Å². The van der Waals surface area contributed by atoms with Crippen LogP contribution in [0.2, 0.25) is 0 Å². The van der Waals surface area contributed by atoms with E-state index in [4.69, 9.17) is 11.5 Å². The van der Waals surface area contributed by atoms with Gasteiger partial charge in [0.25, 0.3) is 0 Å². The van der Waals surface area contributed by atoms with E-state index < -0.39 is 11.9 Å². The predicted octanol–water partition coefficient (Wildman–Crippen LogP) is -0.0736. The fourth-order valence-corrected chi connectivity index (χ4v) is 2.26. The van der Waals surface area contributed by atoms with Gasteiger partial charge in [-0.3, -0.25) is 14.4 Å². The lowest BCUT2D eigenvalue weighted by Crippen LogP contribution is -2.50. The van der Waals surface area contributed by atoms with E-state index >= 15 is 0 Å². The maximum atomic E-state index is 12.1. The van der Waals surface area contributed by atoms with Crippen molar-refractivity contribution in [2.24, 2.45) is 23.3 Å². The van der Waals surface area contributed by atoms with Crippen LogP contribution in [-0.2, 0) is 14.4 Å². The molecule has 0 aliphatic heterocycles. The van der Waals surface area contributed by atoms with Crippen molar-refractivity contribution in [1.29, 1.82) is 0 Å². The smallest absolute Gasteiger partial charge is 0.240 e. The number of carbonyl (C=O) groups excluding carboxylic acids is 3. The topological polar surface area (TPSA) is 127 Å². The summed E-state index contributed by atoms with van der Waals surface area (Å²) >= 11 is 0. The molecule has 0 aliphatic carbocycles. The highest BCUT2D eigenvalue weighted by molar-refractivity contribution is 5.92. The second-order valence-corrected chi connectivity index (χ2v) is 6.05. The molecule has 0 spiro atoms. The molecule has 0 aromatic carbocycles. The van der Waals surface area contributed by atoms with Gasteiger partial charge in [-0.05, 0) is 19.4 Å². The number of amides is 2. The van der Waals surface area contributed by atoms with Crippen LogP contribution in [0.15, 0.2) is 0 Å². The molecule has 0 aromatic heterocycles. The third kappa shape index (κ3) is 8.66. The number of nitrogens with one attached hydrogen (secondary N) is 2. The van der Waals surface area contributed by atoms with Gasteiger partial charge in [0.15, 0.2) is 5.78 Å². The summed E-state index contributed by atoms with van der Waals surface area (Å²) in [5.74, 6) is -1.07. The van der Waals surface area contributed by atoms with Crippen molar-refractivity contribution < 1.29 is 14.4 Å². The molecule has 2 atom stereocenters. The zero-order chi connectivity index (χ0) is 17.8. The summed E-state index contributed by atoms with van der Waals surface area (Å²) in [7, 11) is 0. The van der Waals surface area contributed by atoms with Gasteiger partial charge in [0.2, 0.25) is 11.8 Å². The van der Waals surface area contributed by atoms with Crippen LogP contribution in [0.3, 0.4) is 0 Å². The SMILES string of the molecule is CCCCC(CCN)C(=O)NCC(=O)NC(CN)C(=O)C(C)C. The van der Waals surface area contributed by atoms with Crippen LogP contribution in [0.5, 0.6) is 0 Å². The Kier molecular flexibility index (Phi) is 11.2. The molecule has 0 aromatic rings. The zero-order valence-corrected chi connectivity index (χ0v) is 14.6. The molecule has 2 amide bonds. The molecule has 2 unspecified atom stereocenters. The Hall–Kier alpha value is -1.47. The van der Waals surface area contributed by atoms with E-state index in [9.17, 15) is 14.4 Å². The third-order valence-corrected chi connectivity index (χ3v) is 3.70. The van der Waals surface area contributed by atoms with Crippen molar-refractivity contribution in [1.82, 2.24) is 10.6 Å². The largest absolute Gasteiger partial charge is 0.347 e. The lowest BCUT2D eigenvalue weighted by molar-refractivity contribution is -0.131. The van der Waals surface area contributed by atoms with Crippen molar-refractivity contribution in [2.75, 3.05) is 19.6 Å². The molecule has 0 aliphatic rings. The molecule has 0 heterocycles. The highest BCUT2D eigenvalue weighted by Crippen LogP contribution is 2.12. The van der Waals surface area contributed by atoms with E-state index in [-0.39, 0.29) is 36.6 Å². The normalized spacial score (nSPS) is 13.5. The molecule has 7 nitrogen and oxygen atoms in total. The van der Waals surface area contributed by atoms with E-state index in [0.29, 0.717) is 13.0 Å². The van der Waals surface area contributed by atoms with E-state index in [1.807, 2.05) is 0 Å². The summed E-state index contributed by atoms with van der Waals surface area (Å²) < 4.78 is 0. The average molecular weight is 328 g/mol. The van der Waals surface area contributed by atoms with Crippen molar-refractivity contribution in [3.8, 4) is 0 Å². The molecule has 134 valence electrons. The van der Waals surface area contributed by atoms with Crippen LogP contribution in [0.4, 0.5) is 0 Å².